The molecule has 2 rings (SSSR count). The van der Waals surface area contributed by atoms with E-state index < -0.39 is 0 Å². The monoisotopic (exact) mass is 204 g/mol. The van der Waals surface area contributed by atoms with Crippen LogP contribution >= 0.6 is 11.8 Å². The number of benzene rings is 1. The van der Waals surface area contributed by atoms with Crippen LogP contribution in [-0.4, -0.2) is 11.1 Å². The Balaban J connectivity index is 2.28. The first-order valence-electron chi connectivity index (χ1n) is 3.97. The molecule has 0 spiro atoms. The smallest absolute Gasteiger partial charge is 0.282 e. The maximum atomic E-state index is 11.2. The van der Waals surface area contributed by atoms with Crippen LogP contribution in [0.4, 0.5) is 4.79 Å². The summed E-state index contributed by atoms with van der Waals surface area (Å²) in [6.45, 7) is 0. The summed E-state index contributed by atoms with van der Waals surface area (Å²) in [5.74, 6) is -0.330. The van der Waals surface area contributed by atoms with E-state index in [1.165, 1.54) is 0 Å². The lowest BCUT2D eigenvalue weighted by atomic mass is 10.2. The number of rotatable bonds is 1. The van der Waals surface area contributed by atoms with Gasteiger partial charge in [-0.05, 0) is 35.5 Å². The van der Waals surface area contributed by atoms with E-state index in [4.69, 9.17) is 0 Å². The van der Waals surface area contributed by atoms with Gasteiger partial charge in [-0.1, -0.05) is 18.2 Å². The first kappa shape index (κ1) is 9.02. The van der Waals surface area contributed by atoms with Crippen molar-refractivity contribution in [2.75, 3.05) is 0 Å². The molecule has 1 radical (unpaired) electrons. The van der Waals surface area contributed by atoms with Crippen molar-refractivity contribution in [1.82, 2.24) is 5.32 Å². The van der Waals surface area contributed by atoms with Crippen molar-refractivity contribution in [3.8, 4) is 0 Å². The van der Waals surface area contributed by atoms with Crippen molar-refractivity contribution in [2.24, 2.45) is 0 Å². The first-order chi connectivity index (χ1) is 6.75. The van der Waals surface area contributed by atoms with Gasteiger partial charge in [-0.15, -0.1) is 0 Å². The van der Waals surface area contributed by atoms with Gasteiger partial charge >= 0.3 is 0 Å². The molecule has 14 heavy (non-hydrogen) atoms. The number of imide groups is 1. The molecule has 1 saturated heterocycles. The quantitative estimate of drug-likeness (QED) is 0.709. The predicted octanol–water partition coefficient (Wildman–Crippen LogP) is 1.81. The molecular weight excluding hydrogens is 198 g/mol. The summed E-state index contributed by atoms with van der Waals surface area (Å²) >= 11 is 0.916. The van der Waals surface area contributed by atoms with E-state index in [2.05, 4.69) is 11.4 Å². The van der Waals surface area contributed by atoms with E-state index in [0.717, 1.165) is 17.3 Å². The summed E-state index contributed by atoms with van der Waals surface area (Å²) in [7, 11) is 0. The van der Waals surface area contributed by atoms with Gasteiger partial charge in [0.05, 0.1) is 4.91 Å². The normalized spacial score (nSPS) is 18.7. The van der Waals surface area contributed by atoms with E-state index in [1.807, 2.05) is 12.1 Å². The summed E-state index contributed by atoms with van der Waals surface area (Å²) in [5.41, 5.74) is 0.861. The molecule has 0 aliphatic carbocycles. The molecule has 69 valence electrons. The van der Waals surface area contributed by atoms with Crippen LogP contribution in [-0.2, 0) is 4.79 Å². The third kappa shape index (κ3) is 1.85. The Hall–Kier alpha value is -1.55. The van der Waals surface area contributed by atoms with Crippen molar-refractivity contribution >= 4 is 29.0 Å². The Labute approximate surface area is 85.2 Å². The molecule has 1 aromatic rings. The molecule has 0 unspecified atom stereocenters. The number of thioether (sulfide) groups is 1. The molecule has 0 saturated carbocycles. The summed E-state index contributed by atoms with van der Waals surface area (Å²) < 4.78 is 0. The van der Waals surface area contributed by atoms with Crippen LogP contribution < -0.4 is 5.32 Å². The van der Waals surface area contributed by atoms with Crippen molar-refractivity contribution in [1.29, 1.82) is 0 Å². The van der Waals surface area contributed by atoms with Gasteiger partial charge < -0.3 is 0 Å². The highest BCUT2D eigenvalue weighted by molar-refractivity contribution is 8.18. The fraction of sp³-hybridized carbons (Fsp3) is 0. The van der Waals surface area contributed by atoms with Crippen LogP contribution in [0.2, 0.25) is 0 Å². The Morgan fingerprint density at radius 1 is 1.43 bits per heavy atom. The lowest BCUT2D eigenvalue weighted by Crippen LogP contribution is -2.17. The van der Waals surface area contributed by atoms with Crippen LogP contribution in [0.25, 0.3) is 6.08 Å². The van der Waals surface area contributed by atoms with E-state index in [1.54, 1.807) is 18.2 Å². The molecular formula is C10H6NO2S. The Morgan fingerprint density at radius 2 is 2.29 bits per heavy atom. The molecule has 1 aliphatic rings. The molecule has 2 amide bonds. The van der Waals surface area contributed by atoms with Gasteiger partial charge in [-0.2, -0.15) is 0 Å². The Kier molecular flexibility index (Phi) is 2.37. The molecule has 0 bridgehead atoms. The molecule has 3 nitrogen and oxygen atoms in total. The van der Waals surface area contributed by atoms with Gasteiger partial charge in [0.25, 0.3) is 11.1 Å². The molecule has 0 aromatic heterocycles. The molecule has 1 fully saturated rings. The fourth-order valence-electron chi connectivity index (χ4n) is 1.07. The second-order valence-electron chi connectivity index (χ2n) is 2.69. The highest BCUT2D eigenvalue weighted by Crippen LogP contribution is 2.25. The minimum atomic E-state index is -0.330. The standard InChI is InChI=1S/C10H6NO2S/c12-9-8(14-10(13)11-9)6-7-4-2-1-3-5-7/h1-2,4-6H,(H,11,12,13). The van der Waals surface area contributed by atoms with Crippen LogP contribution in [0, 0.1) is 6.07 Å². The van der Waals surface area contributed by atoms with Crippen molar-refractivity contribution < 1.29 is 9.59 Å². The predicted molar refractivity (Wildman–Crippen MR) is 54.4 cm³/mol. The Morgan fingerprint density at radius 3 is 2.86 bits per heavy atom. The minimum Gasteiger partial charge on any atom is -0.282 e. The average Bonchev–Trinajstić information content (AvgIpc) is 2.47. The molecule has 0 atom stereocenters. The summed E-state index contributed by atoms with van der Waals surface area (Å²) in [6, 6.07) is 10.1. The summed E-state index contributed by atoms with van der Waals surface area (Å²) in [4.78, 5) is 22.4. The van der Waals surface area contributed by atoms with E-state index in [-0.39, 0.29) is 11.1 Å². The largest absolute Gasteiger partial charge is 0.290 e. The number of carbonyl (C=O) groups excluding carboxylic acids is 2. The SMILES string of the molecule is O=C1NC(=O)C(=Cc2c[c]ccc2)S1. The zero-order valence-electron chi connectivity index (χ0n) is 7.11. The van der Waals surface area contributed by atoms with Gasteiger partial charge in [0.1, 0.15) is 0 Å². The molecule has 1 aliphatic heterocycles. The molecule has 1 heterocycles. The number of carbonyl (C=O) groups is 2. The Bertz CT molecular complexity index is 411. The zero-order valence-corrected chi connectivity index (χ0v) is 7.93. The lowest BCUT2D eigenvalue weighted by molar-refractivity contribution is -0.115. The maximum Gasteiger partial charge on any atom is 0.290 e. The van der Waals surface area contributed by atoms with Crippen molar-refractivity contribution in [3.05, 3.63) is 40.8 Å². The van der Waals surface area contributed by atoms with Gasteiger partial charge in [-0.3, -0.25) is 14.9 Å². The van der Waals surface area contributed by atoms with E-state index in [0.29, 0.717) is 4.91 Å². The van der Waals surface area contributed by atoms with Crippen molar-refractivity contribution in [2.45, 2.75) is 0 Å². The van der Waals surface area contributed by atoms with Gasteiger partial charge in [-0.25, -0.2) is 0 Å². The van der Waals surface area contributed by atoms with Crippen molar-refractivity contribution in [3.63, 3.8) is 0 Å². The molecule has 1 N–H and O–H groups in total. The van der Waals surface area contributed by atoms with Crippen LogP contribution in [0.15, 0.2) is 29.2 Å². The summed E-state index contributed by atoms with van der Waals surface area (Å²) in [5, 5.41) is 1.88. The number of hydrogen-bond donors (Lipinski definition) is 1. The third-order valence-corrected chi connectivity index (χ3v) is 2.48. The zero-order chi connectivity index (χ0) is 9.97. The summed E-state index contributed by atoms with van der Waals surface area (Å²) in [6.07, 6.45) is 1.67. The number of amides is 2. The highest BCUT2D eigenvalue weighted by Gasteiger charge is 2.24. The fourth-order valence-corrected chi connectivity index (χ4v) is 1.75. The van der Waals surface area contributed by atoms with Gasteiger partial charge in [0, 0.05) is 0 Å². The van der Waals surface area contributed by atoms with Crippen LogP contribution in [0.3, 0.4) is 0 Å². The van der Waals surface area contributed by atoms with Crippen LogP contribution in [0.5, 0.6) is 0 Å². The minimum absolute atomic E-state index is 0.318. The second kappa shape index (κ2) is 3.67. The molecule has 4 heteroatoms. The second-order valence-corrected chi connectivity index (χ2v) is 3.70. The first-order valence-corrected chi connectivity index (χ1v) is 4.78. The average molecular weight is 204 g/mol. The van der Waals surface area contributed by atoms with E-state index in [9.17, 15) is 9.59 Å². The van der Waals surface area contributed by atoms with Gasteiger partial charge in [0.2, 0.25) is 0 Å². The maximum absolute atomic E-state index is 11.2. The van der Waals surface area contributed by atoms with Crippen LogP contribution in [0.1, 0.15) is 5.56 Å². The molecule has 1 aromatic carbocycles. The third-order valence-electron chi connectivity index (χ3n) is 1.67. The van der Waals surface area contributed by atoms with Gasteiger partial charge in [0.15, 0.2) is 0 Å². The number of hydrogen-bond acceptors (Lipinski definition) is 3. The number of nitrogens with one attached hydrogen (secondary N) is 1. The topological polar surface area (TPSA) is 46.2 Å². The lowest BCUT2D eigenvalue weighted by Gasteiger charge is -1.92. The van der Waals surface area contributed by atoms with E-state index >= 15 is 0 Å². The highest BCUT2D eigenvalue weighted by atomic mass is 32.2.